The predicted molar refractivity (Wildman–Crippen MR) is 102 cm³/mol. The molecule has 1 atom stereocenters. The molecule has 2 aromatic heterocycles. The first-order valence-electron chi connectivity index (χ1n) is 8.46. The largest absolute Gasteiger partial charge is 0.481 e. The number of benzene rings is 1. The third kappa shape index (κ3) is 3.25. The molecule has 3 aromatic rings. The van der Waals surface area contributed by atoms with Crippen LogP contribution in [0.2, 0.25) is 0 Å². The standard InChI is InChI=1S/C18H18N6O2S/c1-10-4-6-13(7-5-10)16-14(9-15(25)26)27-18-20-19-17(24(18)22-16)23-12(3)8-11(2)21-23/h4-8,14H,9H2,1-3H3,(H,25,26)/t14-/m0/s1. The van der Waals surface area contributed by atoms with Crippen molar-refractivity contribution >= 4 is 23.4 Å². The van der Waals surface area contributed by atoms with Gasteiger partial charge in [0, 0.05) is 5.69 Å². The Bertz CT molecular complexity index is 1050. The van der Waals surface area contributed by atoms with Crippen LogP contribution in [0.25, 0.3) is 5.95 Å². The Morgan fingerprint density at radius 3 is 2.56 bits per heavy atom. The summed E-state index contributed by atoms with van der Waals surface area (Å²) >= 11 is 1.36. The number of carboxylic acids is 1. The summed E-state index contributed by atoms with van der Waals surface area (Å²) in [6.07, 6.45) is -0.0422. The monoisotopic (exact) mass is 382 g/mol. The van der Waals surface area contributed by atoms with E-state index in [2.05, 4.69) is 15.3 Å². The highest BCUT2D eigenvalue weighted by molar-refractivity contribution is 8.00. The van der Waals surface area contributed by atoms with E-state index in [9.17, 15) is 9.90 Å². The fourth-order valence-electron chi connectivity index (χ4n) is 3.00. The molecule has 0 aliphatic carbocycles. The number of carboxylic acid groups (broad SMARTS) is 1. The molecule has 0 spiro atoms. The molecular weight excluding hydrogens is 364 g/mol. The molecule has 0 fully saturated rings. The van der Waals surface area contributed by atoms with Crippen LogP contribution < -0.4 is 0 Å². The van der Waals surface area contributed by atoms with Crippen molar-refractivity contribution < 1.29 is 9.90 Å². The molecule has 1 aliphatic rings. The number of hydrogen-bond acceptors (Lipinski definition) is 6. The zero-order valence-electron chi connectivity index (χ0n) is 15.1. The molecular formula is C18H18N6O2S. The fraction of sp³-hybridized carbons (Fsp3) is 0.278. The highest BCUT2D eigenvalue weighted by atomic mass is 32.2. The molecule has 0 bridgehead atoms. The van der Waals surface area contributed by atoms with E-state index in [1.807, 2.05) is 51.1 Å². The third-order valence-electron chi connectivity index (χ3n) is 4.26. The van der Waals surface area contributed by atoms with Crippen LogP contribution in [-0.2, 0) is 4.79 Å². The van der Waals surface area contributed by atoms with E-state index < -0.39 is 5.97 Å². The van der Waals surface area contributed by atoms with E-state index >= 15 is 0 Å². The number of aromatic nitrogens is 5. The molecule has 27 heavy (non-hydrogen) atoms. The van der Waals surface area contributed by atoms with Crippen molar-refractivity contribution in [3.63, 3.8) is 0 Å². The number of hydrogen-bond donors (Lipinski definition) is 1. The van der Waals surface area contributed by atoms with E-state index in [-0.39, 0.29) is 11.7 Å². The molecule has 138 valence electrons. The molecule has 0 saturated carbocycles. The molecule has 1 aliphatic heterocycles. The Morgan fingerprint density at radius 1 is 1.19 bits per heavy atom. The smallest absolute Gasteiger partial charge is 0.304 e. The summed E-state index contributed by atoms with van der Waals surface area (Å²) in [5.74, 6) is -0.388. The Kier molecular flexibility index (Phi) is 4.31. The molecule has 0 saturated heterocycles. The lowest BCUT2D eigenvalue weighted by atomic mass is 10.0. The molecule has 1 aromatic carbocycles. The second-order valence-corrected chi connectivity index (χ2v) is 7.66. The lowest BCUT2D eigenvalue weighted by Gasteiger charge is -2.22. The minimum atomic E-state index is -0.876. The van der Waals surface area contributed by atoms with Gasteiger partial charge in [-0.2, -0.15) is 14.9 Å². The molecule has 1 N–H and O–H groups in total. The summed E-state index contributed by atoms with van der Waals surface area (Å²) in [6.45, 7) is 5.86. The number of rotatable bonds is 4. The van der Waals surface area contributed by atoms with Crippen LogP contribution in [0.5, 0.6) is 0 Å². The molecule has 0 unspecified atom stereocenters. The SMILES string of the molecule is Cc1ccc(C2=Nn3c(nnc3-n3nc(C)cc3C)S[C@H]2CC(=O)O)cc1. The number of aryl methyl sites for hydroxylation is 3. The van der Waals surface area contributed by atoms with Crippen molar-refractivity contribution in [2.45, 2.75) is 37.6 Å². The maximum atomic E-state index is 11.4. The number of aliphatic carboxylic acids is 1. The van der Waals surface area contributed by atoms with Gasteiger partial charge in [-0.15, -0.1) is 10.2 Å². The van der Waals surface area contributed by atoms with Crippen LogP contribution in [0.15, 0.2) is 40.6 Å². The van der Waals surface area contributed by atoms with E-state index in [1.165, 1.54) is 11.8 Å². The fourth-order valence-corrected chi connectivity index (χ4v) is 4.09. The Balaban J connectivity index is 1.84. The lowest BCUT2D eigenvalue weighted by molar-refractivity contribution is -0.136. The van der Waals surface area contributed by atoms with Crippen LogP contribution in [0.3, 0.4) is 0 Å². The average Bonchev–Trinajstić information content (AvgIpc) is 3.16. The third-order valence-corrected chi connectivity index (χ3v) is 5.40. The van der Waals surface area contributed by atoms with Gasteiger partial charge in [0.25, 0.3) is 5.95 Å². The van der Waals surface area contributed by atoms with E-state index in [0.717, 1.165) is 22.5 Å². The molecule has 0 amide bonds. The molecule has 0 radical (unpaired) electrons. The Hall–Kier alpha value is -2.94. The van der Waals surface area contributed by atoms with Crippen LogP contribution in [-0.4, -0.2) is 46.7 Å². The first-order chi connectivity index (χ1) is 12.9. The topological polar surface area (TPSA) is 98.2 Å². The van der Waals surface area contributed by atoms with Gasteiger partial charge < -0.3 is 5.11 Å². The van der Waals surface area contributed by atoms with E-state index in [4.69, 9.17) is 5.10 Å². The number of thioether (sulfide) groups is 1. The second kappa shape index (κ2) is 6.66. The maximum absolute atomic E-state index is 11.4. The molecule has 8 nitrogen and oxygen atoms in total. The van der Waals surface area contributed by atoms with Crippen molar-refractivity contribution in [1.82, 2.24) is 24.7 Å². The highest BCUT2D eigenvalue weighted by Crippen LogP contribution is 2.33. The van der Waals surface area contributed by atoms with Crippen LogP contribution in [0.4, 0.5) is 0 Å². The first kappa shape index (κ1) is 17.5. The van der Waals surface area contributed by atoms with Gasteiger partial charge in [0.15, 0.2) is 0 Å². The summed E-state index contributed by atoms with van der Waals surface area (Å²) < 4.78 is 3.33. The van der Waals surface area contributed by atoms with E-state index in [0.29, 0.717) is 16.8 Å². The molecule has 9 heteroatoms. The summed E-state index contributed by atoms with van der Waals surface area (Å²) in [4.78, 5) is 11.4. The van der Waals surface area contributed by atoms with Crippen LogP contribution >= 0.6 is 11.8 Å². The summed E-state index contributed by atoms with van der Waals surface area (Å²) in [5, 5.41) is 27.2. The predicted octanol–water partition coefficient (Wildman–Crippen LogP) is 2.59. The van der Waals surface area contributed by atoms with Gasteiger partial charge in [-0.3, -0.25) is 4.79 Å². The van der Waals surface area contributed by atoms with Gasteiger partial charge in [-0.1, -0.05) is 41.6 Å². The normalized spacial score (nSPS) is 16.1. The summed E-state index contributed by atoms with van der Waals surface area (Å²) in [7, 11) is 0. The van der Waals surface area contributed by atoms with E-state index in [1.54, 1.807) is 9.36 Å². The summed E-state index contributed by atoms with van der Waals surface area (Å²) in [5.41, 5.74) is 4.51. The second-order valence-electron chi connectivity index (χ2n) is 6.49. The van der Waals surface area contributed by atoms with Crippen molar-refractivity contribution in [3.8, 4) is 5.95 Å². The van der Waals surface area contributed by atoms with Crippen molar-refractivity contribution in [3.05, 3.63) is 52.8 Å². The van der Waals surface area contributed by atoms with Gasteiger partial charge in [0.05, 0.1) is 23.1 Å². The van der Waals surface area contributed by atoms with Gasteiger partial charge in [0.1, 0.15) is 0 Å². The van der Waals surface area contributed by atoms with Crippen molar-refractivity contribution in [2.75, 3.05) is 0 Å². The number of fused-ring (bicyclic) bond motifs is 1. The zero-order chi connectivity index (χ0) is 19.1. The van der Waals surface area contributed by atoms with Crippen LogP contribution in [0, 0.1) is 20.8 Å². The van der Waals surface area contributed by atoms with Crippen molar-refractivity contribution in [1.29, 1.82) is 0 Å². The maximum Gasteiger partial charge on any atom is 0.304 e. The van der Waals surface area contributed by atoms with Gasteiger partial charge in [-0.05, 0) is 32.4 Å². The molecule has 4 rings (SSSR count). The number of carbonyl (C=O) groups is 1. The Labute approximate surface area is 159 Å². The lowest BCUT2D eigenvalue weighted by Crippen LogP contribution is -2.27. The minimum absolute atomic E-state index is 0.0422. The minimum Gasteiger partial charge on any atom is -0.481 e. The van der Waals surface area contributed by atoms with Gasteiger partial charge in [0.2, 0.25) is 5.16 Å². The van der Waals surface area contributed by atoms with Gasteiger partial charge >= 0.3 is 5.97 Å². The van der Waals surface area contributed by atoms with Gasteiger partial charge in [-0.25, -0.2) is 4.68 Å². The quantitative estimate of drug-likeness (QED) is 0.745. The zero-order valence-corrected chi connectivity index (χ0v) is 15.9. The first-order valence-corrected chi connectivity index (χ1v) is 9.34. The number of nitrogens with zero attached hydrogens (tertiary/aromatic N) is 6. The van der Waals surface area contributed by atoms with Crippen molar-refractivity contribution in [2.24, 2.45) is 5.10 Å². The highest BCUT2D eigenvalue weighted by Gasteiger charge is 2.31. The Morgan fingerprint density at radius 2 is 1.93 bits per heavy atom. The summed E-state index contributed by atoms with van der Waals surface area (Å²) in [6, 6.07) is 9.85. The van der Waals surface area contributed by atoms with Crippen LogP contribution in [0.1, 0.15) is 28.9 Å². The molecule has 3 heterocycles. The average molecular weight is 382 g/mol.